The summed E-state index contributed by atoms with van der Waals surface area (Å²) < 4.78 is 0. The van der Waals surface area contributed by atoms with E-state index in [4.69, 9.17) is 5.11 Å². The second-order valence-corrected chi connectivity index (χ2v) is 3.56. The Morgan fingerprint density at radius 3 is 2.73 bits per heavy atom. The summed E-state index contributed by atoms with van der Waals surface area (Å²) in [6, 6.07) is 0.312. The van der Waals surface area contributed by atoms with Crippen molar-refractivity contribution in [3.8, 4) is 0 Å². The molecule has 2 nitrogen and oxygen atoms in total. The van der Waals surface area contributed by atoms with Crippen LogP contribution in [0.15, 0.2) is 0 Å². The Kier molecular flexibility index (Phi) is 8.57. The zero-order valence-corrected chi connectivity index (χ0v) is 8.28. The van der Waals surface area contributed by atoms with E-state index in [0.717, 1.165) is 13.0 Å². The van der Waals surface area contributed by atoms with Gasteiger partial charge in [-0.1, -0.05) is 6.92 Å². The summed E-state index contributed by atoms with van der Waals surface area (Å²) in [4.78, 5) is 0. The molecule has 68 valence electrons. The van der Waals surface area contributed by atoms with Crippen molar-refractivity contribution < 1.29 is 5.11 Å². The van der Waals surface area contributed by atoms with Gasteiger partial charge < -0.3 is 10.4 Å². The van der Waals surface area contributed by atoms with Crippen molar-refractivity contribution in [1.82, 2.24) is 5.32 Å². The van der Waals surface area contributed by atoms with Gasteiger partial charge in [0.2, 0.25) is 0 Å². The highest BCUT2D eigenvalue weighted by Crippen LogP contribution is 2.02. The van der Waals surface area contributed by atoms with Gasteiger partial charge in [-0.2, -0.15) is 11.8 Å². The van der Waals surface area contributed by atoms with Gasteiger partial charge in [0.05, 0.1) is 6.61 Å². The Hall–Kier alpha value is 0.270. The van der Waals surface area contributed by atoms with Crippen LogP contribution >= 0.6 is 11.8 Å². The number of hydrogen-bond donors (Lipinski definition) is 2. The maximum Gasteiger partial charge on any atom is 0.0584 e. The predicted octanol–water partition coefficient (Wildman–Crippen LogP) is 1.10. The summed E-state index contributed by atoms with van der Waals surface area (Å²) in [7, 11) is 0. The van der Waals surface area contributed by atoms with Crippen LogP contribution < -0.4 is 5.32 Å². The van der Waals surface area contributed by atoms with Crippen molar-refractivity contribution in [3.63, 3.8) is 0 Å². The SMILES string of the molecule is CCNC(CO)CCCSC. The Morgan fingerprint density at radius 1 is 1.55 bits per heavy atom. The van der Waals surface area contributed by atoms with Crippen molar-refractivity contribution in [2.45, 2.75) is 25.8 Å². The number of aliphatic hydroxyl groups is 1. The minimum Gasteiger partial charge on any atom is -0.395 e. The summed E-state index contributed by atoms with van der Waals surface area (Å²) in [5.74, 6) is 1.20. The van der Waals surface area contributed by atoms with Gasteiger partial charge in [0.25, 0.3) is 0 Å². The Bertz CT molecular complexity index is 80.5. The number of rotatable bonds is 7. The summed E-state index contributed by atoms with van der Waals surface area (Å²) in [5.41, 5.74) is 0. The molecule has 0 saturated heterocycles. The normalized spacial score (nSPS) is 13.4. The average Bonchev–Trinajstić information content (AvgIpc) is 2.03. The first-order valence-corrected chi connectivity index (χ1v) is 5.57. The molecule has 11 heavy (non-hydrogen) atoms. The highest BCUT2D eigenvalue weighted by atomic mass is 32.2. The van der Waals surface area contributed by atoms with Crippen LogP contribution in [0.2, 0.25) is 0 Å². The van der Waals surface area contributed by atoms with Crippen LogP contribution in [0.25, 0.3) is 0 Å². The number of nitrogens with one attached hydrogen (secondary N) is 1. The Balaban J connectivity index is 3.20. The molecule has 0 saturated carbocycles. The number of hydrogen-bond acceptors (Lipinski definition) is 3. The molecular formula is C8H19NOS. The lowest BCUT2D eigenvalue weighted by Crippen LogP contribution is -2.32. The number of aliphatic hydroxyl groups excluding tert-OH is 1. The third-order valence-electron chi connectivity index (χ3n) is 1.61. The summed E-state index contributed by atoms with van der Waals surface area (Å²) in [6.07, 6.45) is 4.39. The van der Waals surface area contributed by atoms with Crippen LogP contribution in [0.1, 0.15) is 19.8 Å². The van der Waals surface area contributed by atoms with E-state index >= 15 is 0 Å². The fourth-order valence-electron chi connectivity index (χ4n) is 1.02. The van der Waals surface area contributed by atoms with E-state index in [0.29, 0.717) is 6.04 Å². The van der Waals surface area contributed by atoms with E-state index < -0.39 is 0 Å². The summed E-state index contributed by atoms with van der Waals surface area (Å²) in [5, 5.41) is 12.1. The molecule has 3 heteroatoms. The largest absolute Gasteiger partial charge is 0.395 e. The van der Waals surface area contributed by atoms with Gasteiger partial charge in [0.15, 0.2) is 0 Å². The number of thioether (sulfide) groups is 1. The van der Waals surface area contributed by atoms with Crippen LogP contribution in [0.4, 0.5) is 0 Å². The van der Waals surface area contributed by atoms with Gasteiger partial charge in [-0.15, -0.1) is 0 Å². The maximum atomic E-state index is 8.89. The van der Waals surface area contributed by atoms with Crippen molar-refractivity contribution in [2.75, 3.05) is 25.2 Å². The van der Waals surface area contributed by atoms with E-state index in [9.17, 15) is 0 Å². The smallest absolute Gasteiger partial charge is 0.0584 e. The zero-order valence-electron chi connectivity index (χ0n) is 7.47. The maximum absolute atomic E-state index is 8.89. The third-order valence-corrected chi connectivity index (χ3v) is 2.31. The fourth-order valence-corrected chi connectivity index (χ4v) is 1.48. The summed E-state index contributed by atoms with van der Waals surface area (Å²) in [6.45, 7) is 3.28. The van der Waals surface area contributed by atoms with Crippen LogP contribution in [0.3, 0.4) is 0 Å². The lowest BCUT2D eigenvalue weighted by molar-refractivity contribution is 0.237. The first kappa shape index (κ1) is 11.3. The van der Waals surface area contributed by atoms with Gasteiger partial charge >= 0.3 is 0 Å². The first-order chi connectivity index (χ1) is 5.35. The van der Waals surface area contributed by atoms with Gasteiger partial charge in [0, 0.05) is 6.04 Å². The van der Waals surface area contributed by atoms with Crippen molar-refractivity contribution >= 4 is 11.8 Å². The molecule has 0 amide bonds. The molecule has 0 fully saturated rings. The lowest BCUT2D eigenvalue weighted by Gasteiger charge is -2.13. The van der Waals surface area contributed by atoms with Crippen LogP contribution in [-0.4, -0.2) is 36.3 Å². The topological polar surface area (TPSA) is 32.3 Å². The molecule has 0 radical (unpaired) electrons. The minimum atomic E-state index is 0.266. The molecule has 0 aromatic rings. The Morgan fingerprint density at radius 2 is 2.27 bits per heavy atom. The van der Waals surface area contributed by atoms with Crippen molar-refractivity contribution in [2.24, 2.45) is 0 Å². The monoisotopic (exact) mass is 177 g/mol. The Labute approximate surface area is 73.8 Å². The molecule has 0 heterocycles. The molecule has 0 rings (SSSR count). The molecule has 0 spiro atoms. The van der Waals surface area contributed by atoms with Gasteiger partial charge in [0.1, 0.15) is 0 Å². The molecule has 0 aliphatic heterocycles. The molecule has 0 aromatic heterocycles. The van der Waals surface area contributed by atoms with Crippen molar-refractivity contribution in [3.05, 3.63) is 0 Å². The van der Waals surface area contributed by atoms with E-state index in [1.165, 1.54) is 12.2 Å². The van der Waals surface area contributed by atoms with Gasteiger partial charge in [-0.3, -0.25) is 0 Å². The lowest BCUT2D eigenvalue weighted by atomic mass is 10.2. The van der Waals surface area contributed by atoms with E-state index in [2.05, 4.69) is 18.5 Å². The highest BCUT2D eigenvalue weighted by Gasteiger charge is 2.03. The van der Waals surface area contributed by atoms with E-state index in [-0.39, 0.29) is 6.61 Å². The van der Waals surface area contributed by atoms with Crippen LogP contribution in [0.5, 0.6) is 0 Å². The molecule has 2 N–H and O–H groups in total. The molecule has 0 aliphatic rings. The highest BCUT2D eigenvalue weighted by molar-refractivity contribution is 7.98. The molecule has 1 unspecified atom stereocenters. The molecule has 0 aromatic carbocycles. The zero-order chi connectivity index (χ0) is 8.53. The molecule has 0 bridgehead atoms. The minimum absolute atomic E-state index is 0.266. The molecule has 0 aliphatic carbocycles. The molecule has 1 atom stereocenters. The van der Waals surface area contributed by atoms with Gasteiger partial charge in [-0.25, -0.2) is 0 Å². The standard InChI is InChI=1S/C8H19NOS/c1-3-9-8(7-10)5-4-6-11-2/h8-10H,3-7H2,1-2H3. The van der Waals surface area contributed by atoms with Crippen molar-refractivity contribution in [1.29, 1.82) is 0 Å². The average molecular weight is 177 g/mol. The summed E-state index contributed by atoms with van der Waals surface area (Å²) >= 11 is 1.86. The first-order valence-electron chi connectivity index (χ1n) is 4.18. The molecular weight excluding hydrogens is 158 g/mol. The number of likely N-dealkylation sites (N-methyl/N-ethyl adjacent to an activating group) is 1. The second kappa shape index (κ2) is 8.37. The van der Waals surface area contributed by atoms with Gasteiger partial charge in [-0.05, 0) is 31.4 Å². The van der Waals surface area contributed by atoms with Crippen LogP contribution in [0, 0.1) is 0 Å². The van der Waals surface area contributed by atoms with Crippen LogP contribution in [-0.2, 0) is 0 Å². The quantitative estimate of drug-likeness (QED) is 0.571. The second-order valence-electron chi connectivity index (χ2n) is 2.57. The predicted molar refractivity (Wildman–Crippen MR) is 52.2 cm³/mol. The fraction of sp³-hybridized carbons (Fsp3) is 1.00. The third kappa shape index (κ3) is 6.66. The van der Waals surface area contributed by atoms with E-state index in [1.54, 1.807) is 0 Å². The van der Waals surface area contributed by atoms with E-state index in [1.807, 2.05) is 11.8 Å².